The second-order valence-corrected chi connectivity index (χ2v) is 6.53. The molecule has 98 valence electrons. The van der Waals surface area contributed by atoms with Crippen LogP contribution in [0.25, 0.3) is 0 Å². The van der Waals surface area contributed by atoms with Crippen LogP contribution in [-0.2, 0) is 10.0 Å². The van der Waals surface area contributed by atoms with Crippen LogP contribution in [0.3, 0.4) is 0 Å². The minimum Gasteiger partial charge on any atom is -0.316 e. The lowest BCUT2D eigenvalue weighted by atomic mass is 10.3. The molecule has 0 aliphatic heterocycles. The average Bonchev–Trinajstić information content (AvgIpc) is 2.23. The van der Waals surface area contributed by atoms with Crippen LogP contribution < -0.4 is 10.0 Å². The molecular weight excluding hydrogens is 244 g/mol. The maximum Gasteiger partial charge on any atom is 0.213 e. The summed E-state index contributed by atoms with van der Waals surface area (Å²) in [5, 5.41) is 3.09. The molecule has 0 aromatic carbocycles. The zero-order chi connectivity index (χ0) is 12.4. The van der Waals surface area contributed by atoms with Gasteiger partial charge in [0.1, 0.15) is 0 Å². The number of hydrogen-bond acceptors (Lipinski definition) is 4. The molecule has 6 heteroatoms. The van der Waals surface area contributed by atoms with E-state index in [0.29, 0.717) is 6.54 Å². The van der Waals surface area contributed by atoms with Gasteiger partial charge in [0, 0.05) is 18.3 Å². The van der Waals surface area contributed by atoms with Crippen LogP contribution in [0.4, 0.5) is 0 Å². The van der Waals surface area contributed by atoms with Gasteiger partial charge in [0.15, 0.2) is 0 Å². The van der Waals surface area contributed by atoms with Gasteiger partial charge in [-0.3, -0.25) is 0 Å². The van der Waals surface area contributed by atoms with E-state index in [1.807, 2.05) is 13.2 Å². The molecule has 16 heavy (non-hydrogen) atoms. The van der Waals surface area contributed by atoms with Crippen LogP contribution in [0.1, 0.15) is 26.7 Å². The smallest absolute Gasteiger partial charge is 0.213 e. The molecule has 0 aliphatic rings. The Bertz CT molecular complexity index is 256. The van der Waals surface area contributed by atoms with Crippen LogP contribution in [0.5, 0.6) is 0 Å². The summed E-state index contributed by atoms with van der Waals surface area (Å²) in [5.41, 5.74) is 0. The third kappa shape index (κ3) is 8.38. The number of sulfonamides is 1. The number of rotatable bonds is 10. The summed E-state index contributed by atoms with van der Waals surface area (Å²) in [4.78, 5) is 0. The highest BCUT2D eigenvalue weighted by Gasteiger charge is 2.15. The predicted octanol–water partition coefficient (Wildman–Crippen LogP) is 1.05. The Morgan fingerprint density at radius 1 is 1.25 bits per heavy atom. The molecule has 0 spiro atoms. The van der Waals surface area contributed by atoms with E-state index < -0.39 is 10.0 Å². The summed E-state index contributed by atoms with van der Waals surface area (Å²) in [7, 11) is -3.12. The van der Waals surface area contributed by atoms with Crippen molar-refractivity contribution >= 4 is 21.8 Å². The first-order chi connectivity index (χ1) is 7.55. The fourth-order valence-electron chi connectivity index (χ4n) is 1.26. The molecule has 0 saturated carbocycles. The summed E-state index contributed by atoms with van der Waals surface area (Å²) in [6, 6.07) is 0.0613. The van der Waals surface area contributed by atoms with Gasteiger partial charge in [0.25, 0.3) is 0 Å². The number of hydrogen-bond donors (Lipinski definition) is 2. The summed E-state index contributed by atoms with van der Waals surface area (Å²) in [6.45, 7) is 5.46. The topological polar surface area (TPSA) is 58.2 Å². The van der Waals surface area contributed by atoms with Gasteiger partial charge < -0.3 is 5.32 Å². The summed E-state index contributed by atoms with van der Waals surface area (Å²) in [6.07, 6.45) is 3.85. The van der Waals surface area contributed by atoms with E-state index in [-0.39, 0.29) is 11.8 Å². The van der Waals surface area contributed by atoms with Gasteiger partial charge in [-0.25, -0.2) is 13.1 Å². The zero-order valence-corrected chi connectivity index (χ0v) is 12.1. The van der Waals surface area contributed by atoms with Crippen molar-refractivity contribution in [2.45, 2.75) is 32.7 Å². The second-order valence-electron chi connectivity index (χ2n) is 3.75. The van der Waals surface area contributed by atoms with Crippen LogP contribution in [0.15, 0.2) is 0 Å². The predicted molar refractivity (Wildman–Crippen MR) is 72.5 cm³/mol. The highest BCUT2D eigenvalue weighted by atomic mass is 32.2. The van der Waals surface area contributed by atoms with Crippen LogP contribution in [0.2, 0.25) is 0 Å². The third-order valence-corrected chi connectivity index (χ3v) is 4.35. The van der Waals surface area contributed by atoms with E-state index in [1.54, 1.807) is 11.8 Å². The Balaban J connectivity index is 3.92. The molecule has 0 amide bonds. The first kappa shape index (κ1) is 16.2. The second kappa shape index (κ2) is 9.27. The molecule has 0 fully saturated rings. The number of nitrogens with one attached hydrogen (secondary N) is 2. The first-order valence-electron chi connectivity index (χ1n) is 5.75. The molecular formula is C10H24N2O2S2. The van der Waals surface area contributed by atoms with Gasteiger partial charge in [-0.05, 0) is 25.6 Å². The SMILES string of the molecule is CCCNCCS(=O)(=O)NC(CC)CSC. The van der Waals surface area contributed by atoms with Crippen molar-refractivity contribution < 1.29 is 8.42 Å². The number of thioether (sulfide) groups is 1. The highest BCUT2D eigenvalue weighted by molar-refractivity contribution is 7.98. The molecule has 0 rings (SSSR count). The lowest BCUT2D eigenvalue weighted by Crippen LogP contribution is -2.39. The Kier molecular flexibility index (Phi) is 9.40. The van der Waals surface area contributed by atoms with Crippen molar-refractivity contribution in [3.8, 4) is 0 Å². The van der Waals surface area contributed by atoms with Crippen molar-refractivity contribution in [1.29, 1.82) is 0 Å². The van der Waals surface area contributed by atoms with Crippen LogP contribution in [0, 0.1) is 0 Å². The van der Waals surface area contributed by atoms with Crippen LogP contribution >= 0.6 is 11.8 Å². The quantitative estimate of drug-likeness (QED) is 0.581. The van der Waals surface area contributed by atoms with Gasteiger partial charge in [0.2, 0.25) is 10.0 Å². The standard InChI is InChI=1S/C10H24N2O2S2/c1-4-6-11-7-8-16(13,14)12-10(5-2)9-15-3/h10-12H,4-9H2,1-3H3. The Morgan fingerprint density at radius 3 is 2.44 bits per heavy atom. The Labute approximate surface area is 104 Å². The fourth-order valence-corrected chi connectivity index (χ4v) is 3.37. The van der Waals surface area contributed by atoms with Crippen molar-refractivity contribution in [2.24, 2.45) is 0 Å². The van der Waals surface area contributed by atoms with Gasteiger partial charge in [-0.2, -0.15) is 11.8 Å². The van der Waals surface area contributed by atoms with Crippen molar-refractivity contribution in [1.82, 2.24) is 10.0 Å². The lowest BCUT2D eigenvalue weighted by Gasteiger charge is -2.15. The van der Waals surface area contributed by atoms with Crippen molar-refractivity contribution in [3.05, 3.63) is 0 Å². The molecule has 0 aromatic rings. The molecule has 0 bridgehead atoms. The Morgan fingerprint density at radius 2 is 1.94 bits per heavy atom. The average molecular weight is 268 g/mol. The maximum absolute atomic E-state index is 11.7. The van der Waals surface area contributed by atoms with Gasteiger partial charge in [0.05, 0.1) is 5.75 Å². The molecule has 0 saturated heterocycles. The Hall–Kier alpha value is 0.220. The molecule has 1 unspecified atom stereocenters. The molecule has 0 aromatic heterocycles. The molecule has 1 atom stereocenters. The largest absolute Gasteiger partial charge is 0.316 e. The van der Waals surface area contributed by atoms with Gasteiger partial charge in [-0.15, -0.1) is 0 Å². The molecule has 0 heterocycles. The molecule has 0 radical (unpaired) electrons. The summed E-state index contributed by atoms with van der Waals surface area (Å²) < 4.78 is 26.1. The molecule has 2 N–H and O–H groups in total. The lowest BCUT2D eigenvalue weighted by molar-refractivity contribution is 0.554. The fraction of sp³-hybridized carbons (Fsp3) is 1.00. The van der Waals surface area contributed by atoms with Gasteiger partial charge in [-0.1, -0.05) is 13.8 Å². The molecule has 4 nitrogen and oxygen atoms in total. The normalized spacial score (nSPS) is 13.9. The first-order valence-corrected chi connectivity index (χ1v) is 8.80. The van der Waals surface area contributed by atoms with E-state index in [9.17, 15) is 8.42 Å². The minimum absolute atomic E-state index is 0.0613. The molecule has 0 aliphatic carbocycles. The van der Waals surface area contributed by atoms with E-state index in [0.717, 1.165) is 25.1 Å². The van der Waals surface area contributed by atoms with E-state index >= 15 is 0 Å². The highest BCUT2D eigenvalue weighted by Crippen LogP contribution is 2.02. The summed E-state index contributed by atoms with van der Waals surface area (Å²) in [5.74, 6) is 0.996. The van der Waals surface area contributed by atoms with E-state index in [2.05, 4.69) is 17.0 Å². The van der Waals surface area contributed by atoms with E-state index in [4.69, 9.17) is 0 Å². The van der Waals surface area contributed by atoms with Crippen LogP contribution in [-0.4, -0.2) is 45.3 Å². The van der Waals surface area contributed by atoms with Gasteiger partial charge >= 0.3 is 0 Å². The van der Waals surface area contributed by atoms with Crippen molar-refractivity contribution in [2.75, 3.05) is 30.9 Å². The van der Waals surface area contributed by atoms with Crippen molar-refractivity contribution in [3.63, 3.8) is 0 Å². The third-order valence-electron chi connectivity index (χ3n) is 2.18. The monoisotopic (exact) mass is 268 g/mol. The maximum atomic E-state index is 11.7. The van der Waals surface area contributed by atoms with E-state index in [1.165, 1.54) is 0 Å². The zero-order valence-electron chi connectivity index (χ0n) is 10.5. The summed E-state index contributed by atoms with van der Waals surface area (Å²) >= 11 is 1.66. The minimum atomic E-state index is -3.12.